The Morgan fingerprint density at radius 3 is 2.49 bits per heavy atom. The molecule has 1 amide bonds. The maximum Gasteiger partial charge on any atom is 0.416 e. The van der Waals surface area contributed by atoms with Crippen molar-refractivity contribution in [3.8, 4) is 5.69 Å². The van der Waals surface area contributed by atoms with Crippen molar-refractivity contribution in [1.82, 2.24) is 33.6 Å². The number of fused-ring (bicyclic) bond motifs is 2. The van der Waals surface area contributed by atoms with Gasteiger partial charge in [0.2, 0.25) is 0 Å². The standard InChI is InChI=1S/C26H22F3N7O3/c27-26(28,29)18-2-5-19(6-3-18)36-22-21(12-32-36)24(38)35(16-31-22)14-25(39)7-9-33(10-8-25)23(37)17-1-4-20-11-30-15-34(20)13-17/h1-6,11-13,15-16,39H,7-10,14H2. The van der Waals surface area contributed by atoms with Crippen molar-refractivity contribution in [1.29, 1.82) is 0 Å². The van der Waals surface area contributed by atoms with Crippen LogP contribution in [-0.2, 0) is 12.7 Å². The molecule has 1 aromatic carbocycles. The largest absolute Gasteiger partial charge is 0.416 e. The predicted molar refractivity (Wildman–Crippen MR) is 133 cm³/mol. The Kier molecular flexibility index (Phi) is 5.75. The number of rotatable bonds is 4. The Morgan fingerprint density at radius 2 is 1.77 bits per heavy atom. The van der Waals surface area contributed by atoms with Gasteiger partial charge >= 0.3 is 6.18 Å². The molecular weight excluding hydrogens is 515 g/mol. The van der Waals surface area contributed by atoms with Crippen LogP contribution in [0.15, 0.2) is 72.4 Å². The third-order valence-electron chi connectivity index (χ3n) is 7.09. The summed E-state index contributed by atoms with van der Waals surface area (Å²) >= 11 is 0. The van der Waals surface area contributed by atoms with Crippen LogP contribution in [0, 0.1) is 0 Å². The fraction of sp³-hybridized carbons (Fsp3) is 0.269. The molecule has 5 aromatic rings. The number of imidazole rings is 1. The lowest BCUT2D eigenvalue weighted by atomic mass is 9.91. The summed E-state index contributed by atoms with van der Waals surface area (Å²) in [5, 5.41) is 15.5. The van der Waals surface area contributed by atoms with Gasteiger partial charge in [0, 0.05) is 19.3 Å². The van der Waals surface area contributed by atoms with E-state index in [1.54, 1.807) is 34.1 Å². The first-order chi connectivity index (χ1) is 18.6. The Bertz CT molecular complexity index is 1750. The number of hydrogen-bond donors (Lipinski definition) is 1. The van der Waals surface area contributed by atoms with Crippen molar-refractivity contribution < 1.29 is 23.1 Å². The minimum absolute atomic E-state index is 0.0245. The summed E-state index contributed by atoms with van der Waals surface area (Å²) in [5.74, 6) is -0.149. The second-order valence-electron chi connectivity index (χ2n) is 9.68. The van der Waals surface area contributed by atoms with Crippen LogP contribution in [0.5, 0.6) is 0 Å². The number of aromatic nitrogens is 6. The number of hydrogen-bond acceptors (Lipinski definition) is 6. The molecular formula is C26H22F3N7O3. The molecule has 0 radical (unpaired) electrons. The van der Waals surface area contributed by atoms with Crippen LogP contribution in [-0.4, -0.2) is 63.3 Å². The minimum Gasteiger partial charge on any atom is -0.388 e. The van der Waals surface area contributed by atoms with Gasteiger partial charge in [-0.2, -0.15) is 18.3 Å². The molecule has 1 aliphatic rings. The quantitative estimate of drug-likeness (QED) is 0.378. The molecule has 200 valence electrons. The van der Waals surface area contributed by atoms with Gasteiger partial charge in [0.15, 0.2) is 5.65 Å². The van der Waals surface area contributed by atoms with Crippen molar-refractivity contribution in [3.05, 3.63) is 89.1 Å². The smallest absolute Gasteiger partial charge is 0.388 e. The lowest BCUT2D eigenvalue weighted by Crippen LogP contribution is -2.49. The molecule has 0 bridgehead atoms. The van der Waals surface area contributed by atoms with Gasteiger partial charge in [-0.25, -0.2) is 14.6 Å². The highest BCUT2D eigenvalue weighted by atomic mass is 19.4. The molecule has 13 heteroatoms. The molecule has 0 unspecified atom stereocenters. The van der Waals surface area contributed by atoms with Crippen LogP contribution in [0.3, 0.4) is 0 Å². The summed E-state index contributed by atoms with van der Waals surface area (Å²) < 4.78 is 43.0. The van der Waals surface area contributed by atoms with Crippen molar-refractivity contribution in [2.45, 2.75) is 31.2 Å². The molecule has 10 nitrogen and oxygen atoms in total. The molecule has 6 rings (SSSR count). The molecule has 0 spiro atoms. The van der Waals surface area contributed by atoms with Gasteiger partial charge in [-0.3, -0.25) is 14.2 Å². The Balaban J connectivity index is 1.17. The number of carbonyl (C=O) groups excluding carboxylic acids is 1. The number of nitrogens with zero attached hydrogens (tertiary/aromatic N) is 7. The number of alkyl halides is 3. The van der Waals surface area contributed by atoms with E-state index in [1.807, 2.05) is 6.07 Å². The lowest BCUT2D eigenvalue weighted by Gasteiger charge is -2.38. The summed E-state index contributed by atoms with van der Waals surface area (Å²) in [6, 6.07) is 7.95. The zero-order chi connectivity index (χ0) is 27.4. The number of pyridine rings is 1. The van der Waals surface area contributed by atoms with Crippen molar-refractivity contribution in [2.24, 2.45) is 0 Å². The third-order valence-corrected chi connectivity index (χ3v) is 7.09. The maximum atomic E-state index is 13.2. The summed E-state index contributed by atoms with van der Waals surface area (Å²) in [5.41, 5.74) is -0.545. The highest BCUT2D eigenvalue weighted by molar-refractivity contribution is 5.94. The number of aliphatic hydroxyl groups is 1. The first kappa shape index (κ1) is 24.8. The number of amides is 1. The van der Waals surface area contributed by atoms with Crippen LogP contribution in [0.25, 0.3) is 22.2 Å². The predicted octanol–water partition coefficient (Wildman–Crippen LogP) is 2.92. The molecule has 0 saturated carbocycles. The summed E-state index contributed by atoms with van der Waals surface area (Å²) in [6.45, 7) is 0.602. The Labute approximate surface area is 218 Å². The number of likely N-dealkylation sites (tertiary alicyclic amines) is 1. The summed E-state index contributed by atoms with van der Waals surface area (Å²) in [4.78, 5) is 36.2. The monoisotopic (exact) mass is 537 g/mol. The van der Waals surface area contributed by atoms with Crippen LogP contribution in [0.4, 0.5) is 13.2 Å². The van der Waals surface area contributed by atoms with Crippen LogP contribution in [0.1, 0.15) is 28.8 Å². The highest BCUT2D eigenvalue weighted by Crippen LogP contribution is 2.30. The third kappa shape index (κ3) is 4.54. The molecule has 1 aliphatic heterocycles. The number of benzene rings is 1. The van der Waals surface area contributed by atoms with E-state index < -0.39 is 22.9 Å². The molecule has 4 aromatic heterocycles. The van der Waals surface area contributed by atoms with Crippen LogP contribution in [0.2, 0.25) is 0 Å². The van der Waals surface area contributed by atoms with E-state index >= 15 is 0 Å². The van der Waals surface area contributed by atoms with Crippen molar-refractivity contribution in [2.75, 3.05) is 13.1 Å². The Morgan fingerprint density at radius 1 is 1.03 bits per heavy atom. The SMILES string of the molecule is O=C(c1ccc2cncn2c1)N1CCC(O)(Cn2cnc3c(cnn3-c3ccc(C(F)(F)F)cc3)c2=O)CC1. The van der Waals surface area contributed by atoms with Crippen molar-refractivity contribution in [3.63, 3.8) is 0 Å². The van der Waals surface area contributed by atoms with E-state index in [0.29, 0.717) is 24.3 Å². The van der Waals surface area contributed by atoms with E-state index in [-0.39, 0.29) is 36.3 Å². The highest BCUT2D eigenvalue weighted by Gasteiger charge is 2.35. The maximum absolute atomic E-state index is 13.2. The molecule has 1 fully saturated rings. The normalized spacial score (nSPS) is 15.7. The second-order valence-corrected chi connectivity index (χ2v) is 9.68. The zero-order valence-corrected chi connectivity index (χ0v) is 20.4. The van der Waals surface area contributed by atoms with E-state index in [0.717, 1.165) is 17.6 Å². The van der Waals surface area contributed by atoms with E-state index in [4.69, 9.17) is 0 Å². The molecule has 0 atom stereocenters. The van der Waals surface area contributed by atoms with Gasteiger partial charge in [0.1, 0.15) is 11.7 Å². The molecule has 0 aliphatic carbocycles. The summed E-state index contributed by atoms with van der Waals surface area (Å²) in [7, 11) is 0. The first-order valence-electron chi connectivity index (χ1n) is 12.2. The average Bonchev–Trinajstić information content (AvgIpc) is 3.57. The van der Waals surface area contributed by atoms with E-state index in [2.05, 4.69) is 15.1 Å². The topological polar surface area (TPSA) is 111 Å². The second kappa shape index (κ2) is 9.05. The lowest BCUT2D eigenvalue weighted by molar-refractivity contribution is -0.137. The summed E-state index contributed by atoms with van der Waals surface area (Å²) in [6.07, 6.45) is 3.71. The average molecular weight is 538 g/mol. The molecule has 39 heavy (non-hydrogen) atoms. The van der Waals surface area contributed by atoms with Gasteiger partial charge in [0.05, 0.1) is 53.2 Å². The van der Waals surface area contributed by atoms with Gasteiger partial charge in [-0.1, -0.05) is 0 Å². The first-order valence-corrected chi connectivity index (χ1v) is 12.2. The van der Waals surface area contributed by atoms with Crippen LogP contribution >= 0.6 is 0 Å². The molecule has 1 saturated heterocycles. The zero-order valence-electron chi connectivity index (χ0n) is 20.4. The number of piperidine rings is 1. The molecule has 5 heterocycles. The van der Waals surface area contributed by atoms with Crippen molar-refractivity contribution >= 4 is 22.5 Å². The fourth-order valence-electron chi connectivity index (χ4n) is 4.87. The number of halogens is 3. The van der Waals surface area contributed by atoms with Gasteiger partial charge < -0.3 is 14.4 Å². The van der Waals surface area contributed by atoms with Gasteiger partial charge in [-0.05, 0) is 49.2 Å². The van der Waals surface area contributed by atoms with Crippen LogP contribution < -0.4 is 5.56 Å². The van der Waals surface area contributed by atoms with E-state index in [1.165, 1.54) is 33.9 Å². The van der Waals surface area contributed by atoms with Gasteiger partial charge in [-0.15, -0.1) is 0 Å². The van der Waals surface area contributed by atoms with E-state index in [9.17, 15) is 27.9 Å². The van der Waals surface area contributed by atoms with Gasteiger partial charge in [0.25, 0.3) is 11.5 Å². The number of carbonyl (C=O) groups is 1. The minimum atomic E-state index is -4.46. The fourth-order valence-corrected chi connectivity index (χ4v) is 4.87. The Hall–Kier alpha value is -4.52. The molecule has 1 N–H and O–H groups in total.